The lowest BCUT2D eigenvalue weighted by Crippen LogP contribution is -2.34. The average molecular weight is 301 g/mol. The molecule has 0 spiro atoms. The molecule has 0 N–H and O–H groups in total. The Morgan fingerprint density at radius 2 is 1.86 bits per heavy atom. The normalized spacial score (nSPS) is 10.3. The molecule has 1 aromatic carbocycles. The van der Waals surface area contributed by atoms with E-state index in [1.807, 2.05) is 38.1 Å². The summed E-state index contributed by atoms with van der Waals surface area (Å²) in [6.07, 6.45) is 1.61. The van der Waals surface area contributed by atoms with Crippen molar-refractivity contribution >= 4 is 17.6 Å². The van der Waals surface area contributed by atoms with E-state index in [2.05, 4.69) is 4.74 Å². The molecule has 1 aromatic heterocycles. The van der Waals surface area contributed by atoms with Crippen LogP contribution in [0.3, 0.4) is 0 Å². The summed E-state index contributed by atoms with van der Waals surface area (Å²) in [5, 5.41) is 0. The van der Waals surface area contributed by atoms with E-state index in [1.165, 1.54) is 13.4 Å². The highest BCUT2D eigenvalue weighted by molar-refractivity contribution is 6.05. The van der Waals surface area contributed by atoms with Gasteiger partial charge in [-0.2, -0.15) is 0 Å². The third kappa shape index (κ3) is 3.36. The highest BCUT2D eigenvalue weighted by Gasteiger charge is 2.23. The Kier molecular flexibility index (Phi) is 4.99. The van der Waals surface area contributed by atoms with Gasteiger partial charge >= 0.3 is 5.97 Å². The lowest BCUT2D eigenvalue weighted by Gasteiger charge is -2.23. The maximum atomic E-state index is 12.8. The molecule has 116 valence electrons. The van der Waals surface area contributed by atoms with Crippen molar-refractivity contribution in [3.8, 4) is 0 Å². The zero-order chi connectivity index (χ0) is 16.1. The number of para-hydroxylation sites is 1. The highest BCUT2D eigenvalue weighted by Crippen LogP contribution is 2.23. The number of rotatable bonds is 5. The van der Waals surface area contributed by atoms with Crippen molar-refractivity contribution in [1.29, 1.82) is 0 Å². The first-order valence-electron chi connectivity index (χ1n) is 7.03. The third-order valence-corrected chi connectivity index (χ3v) is 3.47. The number of hydrogen-bond acceptors (Lipinski definition) is 4. The summed E-state index contributed by atoms with van der Waals surface area (Å²) < 4.78 is 9.95. The summed E-state index contributed by atoms with van der Waals surface area (Å²) in [6, 6.07) is 9.27. The summed E-state index contributed by atoms with van der Waals surface area (Å²) in [4.78, 5) is 25.7. The van der Waals surface area contributed by atoms with Crippen LogP contribution < -0.4 is 4.90 Å². The van der Waals surface area contributed by atoms with Crippen LogP contribution in [0.15, 0.2) is 41.0 Å². The van der Waals surface area contributed by atoms with Crippen molar-refractivity contribution in [3.63, 3.8) is 0 Å². The molecular weight excluding hydrogens is 282 g/mol. The van der Waals surface area contributed by atoms with Gasteiger partial charge < -0.3 is 14.1 Å². The monoisotopic (exact) mass is 301 g/mol. The number of hydrogen-bond donors (Lipinski definition) is 0. The van der Waals surface area contributed by atoms with Gasteiger partial charge in [-0.25, -0.2) is 0 Å². The zero-order valence-corrected chi connectivity index (χ0v) is 13.0. The van der Waals surface area contributed by atoms with E-state index in [1.54, 1.807) is 11.0 Å². The third-order valence-electron chi connectivity index (χ3n) is 3.47. The fourth-order valence-electron chi connectivity index (χ4n) is 2.22. The predicted octanol–water partition coefficient (Wildman–Crippen LogP) is 3.11. The van der Waals surface area contributed by atoms with Crippen LogP contribution in [0, 0.1) is 13.8 Å². The maximum Gasteiger partial charge on any atom is 0.307 e. The number of furan rings is 1. The Morgan fingerprint density at radius 1 is 1.14 bits per heavy atom. The second kappa shape index (κ2) is 6.93. The van der Waals surface area contributed by atoms with Crippen LogP contribution in [0.25, 0.3) is 0 Å². The molecule has 0 unspecified atom stereocenters. The number of carbonyl (C=O) groups excluding carboxylic acids is 2. The number of nitrogens with zero attached hydrogens (tertiary/aromatic N) is 1. The molecule has 1 amide bonds. The number of anilines is 1. The molecule has 0 saturated carbocycles. The second-order valence-corrected chi connectivity index (χ2v) is 5.00. The number of aryl methyl sites for hydroxylation is 2. The van der Waals surface area contributed by atoms with Gasteiger partial charge in [-0.3, -0.25) is 9.59 Å². The standard InChI is InChI=1S/C17H19NO4/c1-12-6-4-5-7-14(12)18(10-8-15(19)21-3)17(20)16-13(2)9-11-22-16/h4-7,9,11H,8,10H2,1-3H3. The molecule has 0 saturated heterocycles. The Balaban J connectivity index is 2.33. The lowest BCUT2D eigenvalue weighted by atomic mass is 10.1. The fraction of sp³-hybridized carbons (Fsp3) is 0.294. The molecule has 0 fully saturated rings. The molecule has 0 atom stereocenters. The molecule has 1 heterocycles. The number of esters is 1. The summed E-state index contributed by atoms with van der Waals surface area (Å²) in [5.74, 6) is -0.337. The largest absolute Gasteiger partial charge is 0.469 e. The van der Waals surface area contributed by atoms with Crippen LogP contribution in [0.2, 0.25) is 0 Å². The van der Waals surface area contributed by atoms with Gasteiger partial charge in [-0.15, -0.1) is 0 Å². The summed E-state index contributed by atoms with van der Waals surface area (Å²) >= 11 is 0. The molecule has 0 bridgehead atoms. The predicted molar refractivity (Wildman–Crippen MR) is 82.9 cm³/mol. The second-order valence-electron chi connectivity index (χ2n) is 5.00. The highest BCUT2D eigenvalue weighted by atomic mass is 16.5. The van der Waals surface area contributed by atoms with E-state index >= 15 is 0 Å². The van der Waals surface area contributed by atoms with Crippen LogP contribution in [0.5, 0.6) is 0 Å². The van der Waals surface area contributed by atoms with Gasteiger partial charge in [0, 0.05) is 17.8 Å². The van der Waals surface area contributed by atoms with Crippen molar-refractivity contribution in [2.75, 3.05) is 18.6 Å². The van der Waals surface area contributed by atoms with E-state index in [9.17, 15) is 9.59 Å². The SMILES string of the molecule is COC(=O)CCN(C(=O)c1occc1C)c1ccccc1C. The van der Waals surface area contributed by atoms with Gasteiger partial charge in [-0.05, 0) is 31.5 Å². The molecule has 2 aromatic rings. The number of benzene rings is 1. The minimum absolute atomic E-state index is 0.121. The molecule has 0 aliphatic carbocycles. The zero-order valence-electron chi connectivity index (χ0n) is 13.0. The summed E-state index contributed by atoms with van der Waals surface area (Å²) in [5.41, 5.74) is 2.47. The Hall–Kier alpha value is -2.56. The Labute approximate surface area is 129 Å². The number of methoxy groups -OCH3 is 1. The van der Waals surface area contributed by atoms with Crippen LogP contribution in [-0.2, 0) is 9.53 Å². The smallest absolute Gasteiger partial charge is 0.307 e. The van der Waals surface area contributed by atoms with Crippen LogP contribution in [-0.4, -0.2) is 25.5 Å². The van der Waals surface area contributed by atoms with E-state index in [-0.39, 0.29) is 30.6 Å². The van der Waals surface area contributed by atoms with Crippen molar-refractivity contribution in [2.24, 2.45) is 0 Å². The van der Waals surface area contributed by atoms with Crippen LogP contribution in [0.4, 0.5) is 5.69 Å². The summed E-state index contributed by atoms with van der Waals surface area (Å²) in [6.45, 7) is 3.96. The van der Waals surface area contributed by atoms with E-state index in [4.69, 9.17) is 4.42 Å². The average Bonchev–Trinajstić information content (AvgIpc) is 2.94. The quantitative estimate of drug-likeness (QED) is 0.796. The lowest BCUT2D eigenvalue weighted by molar-refractivity contribution is -0.140. The van der Waals surface area contributed by atoms with Gasteiger partial charge in [0.05, 0.1) is 19.8 Å². The Bertz CT molecular complexity index is 675. The van der Waals surface area contributed by atoms with Gasteiger partial charge in [-0.1, -0.05) is 18.2 Å². The number of amides is 1. The van der Waals surface area contributed by atoms with E-state index in [0.717, 1.165) is 16.8 Å². The van der Waals surface area contributed by atoms with E-state index in [0.29, 0.717) is 0 Å². The molecule has 0 radical (unpaired) electrons. The molecule has 5 nitrogen and oxygen atoms in total. The van der Waals surface area contributed by atoms with Crippen LogP contribution in [0.1, 0.15) is 28.1 Å². The van der Waals surface area contributed by atoms with Gasteiger partial charge in [0.25, 0.3) is 5.91 Å². The fourth-order valence-corrected chi connectivity index (χ4v) is 2.22. The minimum atomic E-state index is -0.359. The van der Waals surface area contributed by atoms with Crippen molar-refractivity contribution in [3.05, 3.63) is 53.5 Å². The summed E-state index contributed by atoms with van der Waals surface area (Å²) in [7, 11) is 1.33. The molecule has 0 aliphatic rings. The van der Waals surface area contributed by atoms with Crippen molar-refractivity contribution < 1.29 is 18.7 Å². The van der Waals surface area contributed by atoms with Crippen molar-refractivity contribution in [2.45, 2.75) is 20.3 Å². The first-order valence-corrected chi connectivity index (χ1v) is 7.03. The van der Waals surface area contributed by atoms with E-state index < -0.39 is 0 Å². The molecular formula is C17H19NO4. The molecule has 22 heavy (non-hydrogen) atoms. The van der Waals surface area contributed by atoms with Gasteiger partial charge in [0.2, 0.25) is 0 Å². The molecule has 0 aliphatic heterocycles. The molecule has 2 rings (SSSR count). The maximum absolute atomic E-state index is 12.8. The molecule has 5 heteroatoms. The first-order chi connectivity index (χ1) is 10.5. The Morgan fingerprint density at radius 3 is 2.45 bits per heavy atom. The minimum Gasteiger partial charge on any atom is -0.469 e. The van der Waals surface area contributed by atoms with Crippen LogP contribution >= 0.6 is 0 Å². The van der Waals surface area contributed by atoms with Gasteiger partial charge in [0.15, 0.2) is 5.76 Å². The van der Waals surface area contributed by atoms with Gasteiger partial charge in [0.1, 0.15) is 0 Å². The first kappa shape index (κ1) is 15.8. The number of ether oxygens (including phenoxy) is 1. The number of carbonyl (C=O) groups is 2. The topological polar surface area (TPSA) is 59.8 Å². The van der Waals surface area contributed by atoms with Crippen molar-refractivity contribution in [1.82, 2.24) is 0 Å².